The van der Waals surface area contributed by atoms with Crippen molar-refractivity contribution >= 4 is 27.3 Å². The number of halogens is 5. The molecule has 1 aliphatic heterocycles. The van der Waals surface area contributed by atoms with Crippen LogP contribution in [0.15, 0.2) is 35.2 Å². The van der Waals surface area contributed by atoms with E-state index in [0.717, 1.165) is 12.1 Å². The Balaban J connectivity index is 1.85. The van der Waals surface area contributed by atoms with E-state index >= 15 is 0 Å². The summed E-state index contributed by atoms with van der Waals surface area (Å²) in [6, 6.07) is 5.90. The molecule has 27 heavy (non-hydrogen) atoms. The normalized spacial score (nSPS) is 14.4. The summed E-state index contributed by atoms with van der Waals surface area (Å²) >= 11 is 6.05. The van der Waals surface area contributed by atoms with E-state index in [4.69, 9.17) is 16.7 Å². The molecule has 1 aliphatic rings. The maximum Gasteiger partial charge on any atom is 0.573 e. The molecule has 3 rings (SSSR count). The molecule has 11 heteroatoms. The number of nitrogens with two attached hydrogens (primary N) is 1. The second-order valence-corrected chi connectivity index (χ2v) is 7.87. The lowest BCUT2D eigenvalue weighted by Crippen LogP contribution is -2.21. The minimum absolute atomic E-state index is 0.0194. The minimum atomic E-state index is -4.78. The third-order valence-electron chi connectivity index (χ3n) is 4.04. The van der Waals surface area contributed by atoms with Crippen molar-refractivity contribution in [3.05, 3.63) is 52.3 Å². The van der Waals surface area contributed by atoms with Crippen molar-refractivity contribution in [1.29, 1.82) is 0 Å². The largest absolute Gasteiger partial charge is 0.573 e. The van der Waals surface area contributed by atoms with Gasteiger partial charge < -0.3 is 9.64 Å². The van der Waals surface area contributed by atoms with Crippen LogP contribution in [0.25, 0.3) is 0 Å². The Morgan fingerprint density at radius 1 is 1.22 bits per heavy atom. The summed E-state index contributed by atoms with van der Waals surface area (Å²) in [5.74, 6) is -1.34. The van der Waals surface area contributed by atoms with Crippen molar-refractivity contribution in [1.82, 2.24) is 0 Å². The molecule has 0 radical (unpaired) electrons. The molecule has 0 fully saturated rings. The smallest absolute Gasteiger partial charge is 0.406 e. The number of rotatable bonds is 4. The van der Waals surface area contributed by atoms with Gasteiger partial charge in [0.2, 0.25) is 10.0 Å². The van der Waals surface area contributed by atoms with Gasteiger partial charge in [0.05, 0.1) is 0 Å². The van der Waals surface area contributed by atoms with Gasteiger partial charge in [-0.25, -0.2) is 17.9 Å². The minimum Gasteiger partial charge on any atom is -0.406 e. The number of fused-ring (bicyclic) bond motifs is 1. The fourth-order valence-corrected chi connectivity index (χ4v) is 3.82. The first kappa shape index (κ1) is 19.7. The first-order chi connectivity index (χ1) is 12.4. The van der Waals surface area contributed by atoms with Crippen molar-refractivity contribution in [2.24, 2.45) is 5.14 Å². The van der Waals surface area contributed by atoms with Crippen LogP contribution in [0.3, 0.4) is 0 Å². The SMILES string of the molecule is NS(=O)(=O)c1cc(Cl)c(CN2CCc3cc(OC(F)(F)F)ccc32)cc1F. The van der Waals surface area contributed by atoms with Gasteiger partial charge >= 0.3 is 6.36 Å². The van der Waals surface area contributed by atoms with Gasteiger partial charge in [0.25, 0.3) is 0 Å². The maximum atomic E-state index is 14.0. The third-order valence-corrected chi connectivity index (χ3v) is 5.32. The van der Waals surface area contributed by atoms with Gasteiger partial charge in [-0.15, -0.1) is 13.2 Å². The summed E-state index contributed by atoms with van der Waals surface area (Å²) in [7, 11) is -4.25. The van der Waals surface area contributed by atoms with Crippen molar-refractivity contribution in [3.63, 3.8) is 0 Å². The van der Waals surface area contributed by atoms with Crippen LogP contribution >= 0.6 is 11.6 Å². The molecule has 0 amide bonds. The summed E-state index contributed by atoms with van der Waals surface area (Å²) in [4.78, 5) is 1.09. The Labute approximate surface area is 157 Å². The number of primary sulfonamides is 1. The van der Waals surface area contributed by atoms with E-state index in [0.29, 0.717) is 29.8 Å². The molecule has 5 nitrogen and oxygen atoms in total. The Hall–Kier alpha value is -2.04. The standard InChI is InChI=1S/C16H13ClF4N2O3S/c17-12-7-15(27(22,24)25)13(18)6-10(12)8-23-4-3-9-5-11(1-2-14(9)23)26-16(19,20)21/h1-2,5-7H,3-4,8H2,(H2,22,24,25). The van der Waals surface area contributed by atoms with Gasteiger partial charge in [0, 0.05) is 23.8 Å². The highest BCUT2D eigenvalue weighted by atomic mass is 35.5. The lowest BCUT2D eigenvalue weighted by molar-refractivity contribution is -0.274. The second kappa shape index (κ2) is 6.84. The molecular weight excluding hydrogens is 412 g/mol. The Bertz CT molecular complexity index is 996. The average molecular weight is 425 g/mol. The van der Waals surface area contributed by atoms with Gasteiger partial charge in [-0.1, -0.05) is 11.6 Å². The molecule has 146 valence electrons. The van der Waals surface area contributed by atoms with Crippen molar-refractivity contribution < 1.29 is 30.7 Å². The zero-order chi connectivity index (χ0) is 20.0. The first-order valence-corrected chi connectivity index (χ1v) is 9.51. The van der Waals surface area contributed by atoms with Gasteiger partial charge in [0.1, 0.15) is 16.5 Å². The van der Waals surface area contributed by atoms with Crippen molar-refractivity contribution in [3.8, 4) is 5.75 Å². The molecule has 0 aromatic heterocycles. The quantitative estimate of drug-likeness (QED) is 0.761. The third kappa shape index (κ3) is 4.45. The molecule has 1 heterocycles. The molecule has 2 N–H and O–H groups in total. The lowest BCUT2D eigenvalue weighted by atomic mass is 10.1. The maximum absolute atomic E-state index is 14.0. The predicted octanol–water partition coefficient (Wildman–Crippen LogP) is 3.59. The van der Waals surface area contributed by atoms with Crippen LogP contribution < -0.4 is 14.8 Å². The molecule has 2 aromatic carbocycles. The van der Waals surface area contributed by atoms with Gasteiger partial charge in [0.15, 0.2) is 0 Å². The Morgan fingerprint density at radius 2 is 1.93 bits per heavy atom. The van der Waals surface area contributed by atoms with Crippen LogP contribution in [0.2, 0.25) is 5.02 Å². The molecule has 0 saturated carbocycles. The summed E-state index contributed by atoms with van der Waals surface area (Å²) in [5, 5.41) is 4.95. The number of sulfonamides is 1. The van der Waals surface area contributed by atoms with E-state index in [1.807, 2.05) is 0 Å². The van der Waals surface area contributed by atoms with Crippen molar-refractivity contribution in [2.45, 2.75) is 24.2 Å². The number of ether oxygens (including phenoxy) is 1. The molecule has 0 spiro atoms. The fourth-order valence-electron chi connectivity index (χ4n) is 2.92. The summed E-state index contributed by atoms with van der Waals surface area (Å²) < 4.78 is 77.6. The van der Waals surface area contributed by atoms with E-state index < -0.39 is 27.1 Å². The predicted molar refractivity (Wildman–Crippen MR) is 90.7 cm³/mol. The molecule has 0 atom stereocenters. The lowest BCUT2D eigenvalue weighted by Gasteiger charge is -2.21. The van der Waals surface area contributed by atoms with Crippen LogP contribution in [-0.4, -0.2) is 21.3 Å². The number of anilines is 1. The Kier molecular flexibility index (Phi) is 5.00. The zero-order valence-electron chi connectivity index (χ0n) is 13.6. The van der Waals surface area contributed by atoms with Crippen LogP contribution in [-0.2, 0) is 23.0 Å². The molecule has 2 aromatic rings. The highest BCUT2D eigenvalue weighted by Crippen LogP contribution is 2.35. The number of hydrogen-bond donors (Lipinski definition) is 1. The molecule has 0 aliphatic carbocycles. The summed E-state index contributed by atoms with van der Waals surface area (Å²) in [5.41, 5.74) is 1.64. The van der Waals surface area contributed by atoms with E-state index in [1.165, 1.54) is 18.2 Å². The highest BCUT2D eigenvalue weighted by molar-refractivity contribution is 7.89. The number of benzene rings is 2. The van der Waals surface area contributed by atoms with Crippen LogP contribution in [0.4, 0.5) is 23.2 Å². The van der Waals surface area contributed by atoms with E-state index in [9.17, 15) is 26.0 Å². The fraction of sp³-hybridized carbons (Fsp3) is 0.250. The van der Waals surface area contributed by atoms with Crippen LogP contribution in [0.1, 0.15) is 11.1 Å². The monoisotopic (exact) mass is 424 g/mol. The first-order valence-electron chi connectivity index (χ1n) is 7.58. The second-order valence-electron chi connectivity index (χ2n) is 5.93. The molecule has 0 bridgehead atoms. The molecule has 0 saturated heterocycles. The summed E-state index contributed by atoms with van der Waals surface area (Å²) in [6.45, 7) is 0.618. The van der Waals surface area contributed by atoms with Crippen LogP contribution in [0.5, 0.6) is 5.75 Å². The van der Waals surface area contributed by atoms with Gasteiger partial charge in [-0.05, 0) is 47.9 Å². The van der Waals surface area contributed by atoms with Crippen LogP contribution in [0, 0.1) is 5.82 Å². The summed E-state index contributed by atoms with van der Waals surface area (Å²) in [6.07, 6.45) is -4.30. The zero-order valence-corrected chi connectivity index (χ0v) is 15.1. The van der Waals surface area contributed by atoms with Gasteiger partial charge in [-0.3, -0.25) is 0 Å². The highest BCUT2D eigenvalue weighted by Gasteiger charge is 2.32. The number of hydrogen-bond acceptors (Lipinski definition) is 4. The topological polar surface area (TPSA) is 72.6 Å². The molecule has 0 unspecified atom stereocenters. The van der Waals surface area contributed by atoms with E-state index in [2.05, 4.69) is 4.74 Å². The van der Waals surface area contributed by atoms with Gasteiger partial charge in [-0.2, -0.15) is 0 Å². The average Bonchev–Trinajstić information content (AvgIpc) is 2.90. The molecular formula is C16H13ClF4N2O3S. The number of alkyl halides is 3. The van der Waals surface area contributed by atoms with E-state index in [1.54, 1.807) is 4.90 Å². The van der Waals surface area contributed by atoms with Crippen molar-refractivity contribution in [2.75, 3.05) is 11.4 Å². The Morgan fingerprint density at radius 3 is 2.56 bits per heavy atom. The number of nitrogens with zero attached hydrogens (tertiary/aromatic N) is 1. The van der Waals surface area contributed by atoms with E-state index in [-0.39, 0.29) is 17.3 Å².